The Morgan fingerprint density at radius 3 is 2.06 bits per heavy atom. The first-order valence-electron chi connectivity index (χ1n) is 12.4. The van der Waals surface area contributed by atoms with Crippen molar-refractivity contribution in [3.8, 4) is 17.2 Å². The van der Waals surface area contributed by atoms with Gasteiger partial charge in [0.15, 0.2) is 16.6 Å². The molecule has 0 radical (unpaired) electrons. The molecular formula is C27H38ClN3O4S. The van der Waals surface area contributed by atoms with Gasteiger partial charge in [-0.3, -0.25) is 9.69 Å². The number of rotatable bonds is 13. The van der Waals surface area contributed by atoms with Gasteiger partial charge >= 0.3 is 0 Å². The van der Waals surface area contributed by atoms with Gasteiger partial charge in [0.25, 0.3) is 5.91 Å². The fourth-order valence-electron chi connectivity index (χ4n) is 3.92. The quantitative estimate of drug-likeness (QED) is 0.259. The fourth-order valence-corrected chi connectivity index (χ4v) is 4.99. The standard InChI is InChI=1S/C27H37N3O4S.ClH/c1-7-29(8-2)15-16-30(27-28-24-19(6)13-12-14-23(24)35-27)26(31)20-17-21(32-9-3)25(34-11-5)22(18-20)33-10-4;/h12-14,17-18H,7-11,15-16H2,1-6H3;1H. The van der Waals surface area contributed by atoms with Gasteiger partial charge < -0.3 is 19.1 Å². The maximum Gasteiger partial charge on any atom is 0.260 e. The number of carbonyl (C=O) groups excluding carboxylic acids is 1. The zero-order valence-electron chi connectivity index (χ0n) is 22.1. The Kier molecular flexibility index (Phi) is 11.8. The summed E-state index contributed by atoms with van der Waals surface area (Å²) in [4.78, 5) is 23.0. The van der Waals surface area contributed by atoms with Crippen LogP contribution in [0.1, 0.15) is 50.5 Å². The molecule has 0 aliphatic carbocycles. The summed E-state index contributed by atoms with van der Waals surface area (Å²) in [7, 11) is 0. The molecule has 0 saturated heterocycles. The van der Waals surface area contributed by atoms with E-state index in [0.29, 0.717) is 54.3 Å². The Labute approximate surface area is 224 Å². The lowest BCUT2D eigenvalue weighted by molar-refractivity contribution is 0.0982. The number of aromatic nitrogens is 1. The number of anilines is 1. The summed E-state index contributed by atoms with van der Waals surface area (Å²) in [5.74, 6) is 1.40. The molecule has 1 amide bonds. The molecule has 0 saturated carbocycles. The van der Waals surface area contributed by atoms with Crippen LogP contribution < -0.4 is 19.1 Å². The molecule has 36 heavy (non-hydrogen) atoms. The molecule has 198 valence electrons. The Hall–Kier alpha value is -2.55. The minimum Gasteiger partial charge on any atom is -0.490 e. The van der Waals surface area contributed by atoms with E-state index >= 15 is 0 Å². The van der Waals surface area contributed by atoms with E-state index in [0.717, 1.165) is 35.4 Å². The Bertz CT molecular complexity index is 1110. The second-order valence-electron chi connectivity index (χ2n) is 8.00. The maximum atomic E-state index is 14.0. The first kappa shape index (κ1) is 29.7. The number of aryl methyl sites for hydroxylation is 1. The van der Waals surface area contributed by atoms with Crippen molar-refractivity contribution in [1.82, 2.24) is 9.88 Å². The summed E-state index contributed by atoms with van der Waals surface area (Å²) in [5, 5.41) is 0.691. The summed E-state index contributed by atoms with van der Waals surface area (Å²) in [6.45, 7) is 16.5. The Morgan fingerprint density at radius 2 is 1.53 bits per heavy atom. The van der Waals surface area contributed by atoms with E-state index in [4.69, 9.17) is 19.2 Å². The van der Waals surface area contributed by atoms with Crippen LogP contribution in [0, 0.1) is 6.92 Å². The lowest BCUT2D eigenvalue weighted by Gasteiger charge is -2.25. The van der Waals surface area contributed by atoms with Crippen molar-refractivity contribution in [2.24, 2.45) is 0 Å². The number of nitrogens with zero attached hydrogens (tertiary/aromatic N) is 3. The lowest BCUT2D eigenvalue weighted by Crippen LogP contribution is -2.39. The van der Waals surface area contributed by atoms with Crippen LogP contribution in [-0.4, -0.2) is 61.8 Å². The smallest absolute Gasteiger partial charge is 0.260 e. The number of ether oxygens (including phenoxy) is 3. The third-order valence-corrected chi connectivity index (χ3v) is 6.82. The van der Waals surface area contributed by atoms with Crippen LogP contribution in [-0.2, 0) is 0 Å². The van der Waals surface area contributed by atoms with E-state index in [9.17, 15) is 4.79 Å². The average Bonchev–Trinajstić information content (AvgIpc) is 3.29. The summed E-state index contributed by atoms with van der Waals surface area (Å²) in [5.41, 5.74) is 2.51. The second kappa shape index (κ2) is 14.3. The molecule has 0 unspecified atom stereocenters. The van der Waals surface area contributed by atoms with Gasteiger partial charge in [-0.2, -0.15) is 0 Å². The normalized spacial score (nSPS) is 10.9. The van der Waals surface area contributed by atoms with E-state index in [2.05, 4.69) is 18.7 Å². The van der Waals surface area contributed by atoms with Gasteiger partial charge in [-0.05, 0) is 64.5 Å². The van der Waals surface area contributed by atoms with Crippen molar-refractivity contribution in [1.29, 1.82) is 0 Å². The van der Waals surface area contributed by atoms with Crippen LogP contribution in [0.4, 0.5) is 5.13 Å². The lowest BCUT2D eigenvalue weighted by atomic mass is 10.1. The predicted octanol–water partition coefficient (Wildman–Crippen LogP) is 6.21. The predicted molar refractivity (Wildman–Crippen MR) is 151 cm³/mol. The third-order valence-electron chi connectivity index (χ3n) is 5.78. The molecule has 0 spiro atoms. The number of fused-ring (bicyclic) bond motifs is 1. The number of para-hydroxylation sites is 1. The van der Waals surface area contributed by atoms with Crippen LogP contribution in [0.2, 0.25) is 0 Å². The van der Waals surface area contributed by atoms with Gasteiger partial charge in [0.2, 0.25) is 5.75 Å². The largest absolute Gasteiger partial charge is 0.490 e. The Balaban J connectivity index is 0.00000456. The third kappa shape index (κ3) is 6.81. The van der Waals surface area contributed by atoms with E-state index in [1.807, 2.05) is 45.9 Å². The summed E-state index contributed by atoms with van der Waals surface area (Å²) in [6, 6.07) is 9.62. The van der Waals surface area contributed by atoms with Gasteiger partial charge in [0.05, 0.1) is 30.0 Å². The molecule has 1 heterocycles. The zero-order valence-corrected chi connectivity index (χ0v) is 23.8. The molecule has 0 aliphatic rings. The van der Waals surface area contributed by atoms with Gasteiger partial charge in [0, 0.05) is 18.7 Å². The molecule has 3 aromatic rings. The molecule has 1 aromatic heterocycles. The number of likely N-dealkylation sites (N-methyl/N-ethyl adjacent to an activating group) is 1. The van der Waals surface area contributed by atoms with E-state index < -0.39 is 0 Å². The van der Waals surface area contributed by atoms with Crippen molar-refractivity contribution in [3.05, 3.63) is 41.5 Å². The summed E-state index contributed by atoms with van der Waals surface area (Å²) in [6.07, 6.45) is 0. The molecule has 0 fully saturated rings. The van der Waals surface area contributed by atoms with Crippen molar-refractivity contribution < 1.29 is 19.0 Å². The van der Waals surface area contributed by atoms with Crippen LogP contribution >= 0.6 is 23.7 Å². The number of hydrogen-bond donors (Lipinski definition) is 0. The maximum absolute atomic E-state index is 14.0. The van der Waals surface area contributed by atoms with Gasteiger partial charge in [-0.1, -0.05) is 37.3 Å². The van der Waals surface area contributed by atoms with Gasteiger partial charge in [-0.15, -0.1) is 12.4 Å². The molecule has 0 aliphatic heterocycles. The monoisotopic (exact) mass is 535 g/mol. The van der Waals surface area contributed by atoms with Crippen LogP contribution in [0.25, 0.3) is 10.2 Å². The summed E-state index contributed by atoms with van der Waals surface area (Å²) < 4.78 is 18.6. The summed E-state index contributed by atoms with van der Waals surface area (Å²) >= 11 is 1.54. The van der Waals surface area contributed by atoms with E-state index in [1.54, 1.807) is 17.0 Å². The zero-order chi connectivity index (χ0) is 25.4. The highest BCUT2D eigenvalue weighted by Gasteiger charge is 2.25. The van der Waals surface area contributed by atoms with Crippen molar-refractivity contribution in [2.45, 2.75) is 41.5 Å². The molecular weight excluding hydrogens is 498 g/mol. The Morgan fingerprint density at radius 1 is 0.917 bits per heavy atom. The average molecular weight is 536 g/mol. The number of thiazole rings is 1. The SMILES string of the molecule is CCOc1cc(C(=O)N(CCN(CC)CC)c2nc3c(C)cccc3s2)cc(OCC)c1OCC.Cl. The first-order chi connectivity index (χ1) is 17.0. The molecule has 7 nitrogen and oxygen atoms in total. The van der Waals surface area contributed by atoms with E-state index in [-0.39, 0.29) is 18.3 Å². The van der Waals surface area contributed by atoms with Crippen LogP contribution in [0.15, 0.2) is 30.3 Å². The van der Waals surface area contributed by atoms with Crippen molar-refractivity contribution in [2.75, 3.05) is 50.9 Å². The number of hydrogen-bond acceptors (Lipinski definition) is 7. The number of halogens is 1. The highest BCUT2D eigenvalue weighted by Crippen LogP contribution is 2.40. The minimum absolute atomic E-state index is 0. The van der Waals surface area contributed by atoms with Crippen molar-refractivity contribution in [3.63, 3.8) is 0 Å². The molecule has 0 N–H and O–H groups in total. The van der Waals surface area contributed by atoms with Crippen LogP contribution in [0.3, 0.4) is 0 Å². The number of benzene rings is 2. The van der Waals surface area contributed by atoms with Crippen LogP contribution in [0.5, 0.6) is 17.2 Å². The first-order valence-corrected chi connectivity index (χ1v) is 13.3. The van der Waals surface area contributed by atoms with Gasteiger partial charge in [0.1, 0.15) is 0 Å². The van der Waals surface area contributed by atoms with E-state index in [1.165, 1.54) is 11.3 Å². The molecule has 0 atom stereocenters. The highest BCUT2D eigenvalue weighted by atomic mass is 35.5. The minimum atomic E-state index is -0.140. The van der Waals surface area contributed by atoms with Gasteiger partial charge in [-0.25, -0.2) is 4.98 Å². The molecule has 2 aromatic carbocycles. The number of carbonyl (C=O) groups is 1. The topological polar surface area (TPSA) is 64.1 Å². The second-order valence-corrected chi connectivity index (χ2v) is 9.01. The van der Waals surface area contributed by atoms with Crippen molar-refractivity contribution >= 4 is 45.0 Å². The number of amides is 1. The molecule has 3 rings (SSSR count). The highest BCUT2D eigenvalue weighted by molar-refractivity contribution is 7.22. The molecule has 9 heteroatoms. The fraction of sp³-hybridized carbons (Fsp3) is 0.481. The molecule has 0 bridgehead atoms.